The van der Waals surface area contributed by atoms with Gasteiger partial charge in [0, 0.05) is 30.4 Å². The Balaban J connectivity index is 1.99. The zero-order valence-corrected chi connectivity index (χ0v) is 11.9. The second kappa shape index (κ2) is 5.80. The van der Waals surface area contributed by atoms with Crippen LogP contribution in [0.3, 0.4) is 0 Å². The third-order valence-corrected chi connectivity index (χ3v) is 4.38. The largest absolute Gasteiger partial charge is 0.378 e. The fourth-order valence-electron chi connectivity index (χ4n) is 2.43. The number of aliphatic imine (C=N–C) groups is 1. The van der Waals surface area contributed by atoms with E-state index in [1.165, 1.54) is 16.2 Å². The number of hydrogen-bond acceptors (Lipinski definition) is 4. The van der Waals surface area contributed by atoms with Crippen LogP contribution in [0.15, 0.2) is 34.3 Å². The highest BCUT2D eigenvalue weighted by molar-refractivity contribution is 8.03. The van der Waals surface area contributed by atoms with Gasteiger partial charge in [0.25, 0.3) is 0 Å². The van der Waals surface area contributed by atoms with Crippen molar-refractivity contribution < 1.29 is 4.74 Å². The van der Waals surface area contributed by atoms with Gasteiger partial charge in [0.1, 0.15) is 0 Å². The van der Waals surface area contributed by atoms with E-state index in [4.69, 9.17) is 4.74 Å². The number of nitrogens with zero attached hydrogens (tertiary/aromatic N) is 2. The molecular weight excluding hydrogens is 256 g/mol. The molecule has 0 atom stereocenters. The molecule has 3 rings (SSSR count). The number of para-hydroxylation sites is 1. The minimum absolute atomic E-state index is 0.819. The summed E-state index contributed by atoms with van der Waals surface area (Å²) in [5.74, 6) is 1.08. The van der Waals surface area contributed by atoms with Gasteiger partial charge in [-0.2, -0.15) is 0 Å². The molecule has 0 amide bonds. The lowest BCUT2D eigenvalue weighted by Crippen LogP contribution is -2.35. The summed E-state index contributed by atoms with van der Waals surface area (Å²) in [6.45, 7) is 5.78. The molecule has 4 heteroatoms. The van der Waals surface area contributed by atoms with Gasteiger partial charge in [0.2, 0.25) is 0 Å². The van der Waals surface area contributed by atoms with Crippen molar-refractivity contribution in [3.05, 3.63) is 34.9 Å². The Labute approximate surface area is 118 Å². The number of thioether (sulfide) groups is 1. The molecule has 1 aromatic carbocycles. The van der Waals surface area contributed by atoms with Gasteiger partial charge < -0.3 is 9.64 Å². The Morgan fingerprint density at radius 1 is 1.32 bits per heavy atom. The maximum atomic E-state index is 5.45. The van der Waals surface area contributed by atoms with Crippen LogP contribution in [-0.2, 0) is 4.74 Å². The van der Waals surface area contributed by atoms with Gasteiger partial charge in [-0.15, -0.1) is 11.8 Å². The Kier molecular flexibility index (Phi) is 3.89. The van der Waals surface area contributed by atoms with E-state index in [0.717, 1.165) is 37.7 Å². The van der Waals surface area contributed by atoms with E-state index in [9.17, 15) is 0 Å². The molecule has 0 unspecified atom stereocenters. The summed E-state index contributed by atoms with van der Waals surface area (Å²) in [4.78, 5) is 6.96. The Hall–Kier alpha value is -1.26. The number of benzene rings is 1. The summed E-state index contributed by atoms with van der Waals surface area (Å²) >= 11 is 1.90. The van der Waals surface area contributed by atoms with E-state index in [1.54, 1.807) is 0 Å². The van der Waals surface area contributed by atoms with Crippen LogP contribution < -0.4 is 0 Å². The van der Waals surface area contributed by atoms with Gasteiger partial charge in [0.05, 0.1) is 23.9 Å². The lowest BCUT2D eigenvalue weighted by Gasteiger charge is -2.31. The highest BCUT2D eigenvalue weighted by atomic mass is 32.2. The minimum atomic E-state index is 0.819. The molecule has 19 heavy (non-hydrogen) atoms. The summed E-state index contributed by atoms with van der Waals surface area (Å²) in [6.07, 6.45) is 2.01. The summed E-state index contributed by atoms with van der Waals surface area (Å²) in [7, 11) is 0. The number of fused-ring (bicyclic) bond motifs is 1. The Morgan fingerprint density at radius 2 is 2.11 bits per heavy atom. The van der Waals surface area contributed by atoms with Crippen molar-refractivity contribution in [1.82, 2.24) is 4.90 Å². The number of ether oxygens (including phenoxy) is 1. The van der Waals surface area contributed by atoms with Crippen LogP contribution in [0.2, 0.25) is 0 Å². The van der Waals surface area contributed by atoms with E-state index in [-0.39, 0.29) is 0 Å². The highest BCUT2D eigenvalue weighted by Gasteiger charge is 2.21. The molecule has 0 N–H and O–H groups in total. The lowest BCUT2D eigenvalue weighted by molar-refractivity contribution is 0.0580. The number of rotatable bonds is 3. The van der Waals surface area contributed by atoms with E-state index in [2.05, 4.69) is 35.0 Å². The molecule has 3 nitrogen and oxygen atoms in total. The van der Waals surface area contributed by atoms with Crippen molar-refractivity contribution in [1.29, 1.82) is 0 Å². The molecule has 1 fully saturated rings. The quantitative estimate of drug-likeness (QED) is 0.846. The van der Waals surface area contributed by atoms with Gasteiger partial charge in [-0.1, -0.05) is 25.1 Å². The molecule has 1 saturated heterocycles. The van der Waals surface area contributed by atoms with Crippen molar-refractivity contribution >= 4 is 29.2 Å². The van der Waals surface area contributed by atoms with E-state index in [0.29, 0.717) is 0 Å². The van der Waals surface area contributed by atoms with Crippen LogP contribution in [0.4, 0.5) is 5.69 Å². The van der Waals surface area contributed by atoms with Crippen LogP contribution in [0.5, 0.6) is 0 Å². The molecule has 0 radical (unpaired) electrons. The first kappa shape index (κ1) is 12.8. The average molecular weight is 274 g/mol. The van der Waals surface area contributed by atoms with Crippen LogP contribution >= 0.6 is 11.8 Å². The number of allylic oxidation sites excluding steroid dienone is 1. The monoisotopic (exact) mass is 274 g/mol. The van der Waals surface area contributed by atoms with Crippen LogP contribution in [0.25, 0.3) is 5.57 Å². The first-order valence-electron chi connectivity index (χ1n) is 6.73. The van der Waals surface area contributed by atoms with Gasteiger partial charge in [-0.05, 0) is 11.8 Å². The van der Waals surface area contributed by atoms with Crippen LogP contribution in [0, 0.1) is 0 Å². The molecule has 0 aromatic heterocycles. The molecule has 0 saturated carbocycles. The minimum Gasteiger partial charge on any atom is -0.378 e. The fourth-order valence-corrected chi connectivity index (χ4v) is 3.39. The first-order valence-corrected chi connectivity index (χ1v) is 7.72. The maximum Gasteiger partial charge on any atom is 0.0805 e. The predicted octanol–water partition coefficient (Wildman–Crippen LogP) is 3.16. The van der Waals surface area contributed by atoms with Gasteiger partial charge >= 0.3 is 0 Å². The topological polar surface area (TPSA) is 24.8 Å². The molecule has 0 aliphatic carbocycles. The average Bonchev–Trinajstić information content (AvgIpc) is 2.89. The Morgan fingerprint density at radius 3 is 2.89 bits per heavy atom. The summed E-state index contributed by atoms with van der Waals surface area (Å²) in [5, 5.41) is 1.35. The Bertz CT molecular complexity index is 519. The highest BCUT2D eigenvalue weighted by Crippen LogP contribution is 2.37. The van der Waals surface area contributed by atoms with Crippen molar-refractivity contribution in [2.75, 3.05) is 32.1 Å². The van der Waals surface area contributed by atoms with Crippen LogP contribution in [-0.4, -0.2) is 43.2 Å². The van der Waals surface area contributed by atoms with Gasteiger partial charge in [-0.3, -0.25) is 4.99 Å². The third kappa shape index (κ3) is 2.55. The number of hydrogen-bond donors (Lipinski definition) is 0. The summed E-state index contributed by atoms with van der Waals surface area (Å²) in [5.41, 5.74) is 3.61. The van der Waals surface area contributed by atoms with E-state index >= 15 is 0 Å². The second-order valence-corrected chi connectivity index (χ2v) is 5.78. The second-order valence-electron chi connectivity index (χ2n) is 4.53. The van der Waals surface area contributed by atoms with E-state index < -0.39 is 0 Å². The van der Waals surface area contributed by atoms with Crippen LogP contribution in [0.1, 0.15) is 12.5 Å². The predicted molar refractivity (Wildman–Crippen MR) is 82.0 cm³/mol. The zero-order valence-electron chi connectivity index (χ0n) is 11.1. The molecular formula is C15H18N2OS. The third-order valence-electron chi connectivity index (χ3n) is 3.34. The molecule has 100 valence electrons. The van der Waals surface area contributed by atoms with Crippen molar-refractivity contribution in [3.8, 4) is 0 Å². The van der Waals surface area contributed by atoms with Gasteiger partial charge in [0.15, 0.2) is 0 Å². The molecule has 2 aliphatic heterocycles. The molecule has 0 bridgehead atoms. The molecule has 2 heterocycles. The smallest absolute Gasteiger partial charge is 0.0805 e. The lowest BCUT2D eigenvalue weighted by atomic mass is 10.1. The summed E-state index contributed by atoms with van der Waals surface area (Å²) < 4.78 is 5.45. The molecule has 1 aromatic rings. The van der Waals surface area contributed by atoms with Crippen molar-refractivity contribution in [2.24, 2.45) is 4.99 Å². The molecule has 2 aliphatic rings. The SMILES string of the molecule is CCS/C(=C1\C=Nc2ccccc21)N1CCOCC1. The fraction of sp³-hybridized carbons (Fsp3) is 0.400. The maximum absolute atomic E-state index is 5.45. The van der Waals surface area contributed by atoms with Crippen molar-refractivity contribution in [2.45, 2.75) is 6.92 Å². The number of morpholine rings is 1. The van der Waals surface area contributed by atoms with Gasteiger partial charge in [-0.25, -0.2) is 0 Å². The molecule has 0 spiro atoms. The van der Waals surface area contributed by atoms with E-state index in [1.807, 2.05) is 24.0 Å². The standard InChI is InChI=1S/C15H18N2OS/c1-2-19-15(17-7-9-18-10-8-17)13-11-16-14-6-4-3-5-12(13)14/h3-6,11H,2,7-10H2,1H3/b15-13+. The zero-order chi connectivity index (χ0) is 13.1. The summed E-state index contributed by atoms with van der Waals surface area (Å²) in [6, 6.07) is 8.36. The first-order chi connectivity index (χ1) is 9.40. The van der Waals surface area contributed by atoms with Crippen molar-refractivity contribution in [3.63, 3.8) is 0 Å². The normalized spacial score (nSPS) is 20.6.